The Bertz CT molecular complexity index is 792. The molecule has 0 atom stereocenters. The van der Waals surface area contributed by atoms with Crippen molar-refractivity contribution in [3.05, 3.63) is 59.2 Å². The highest BCUT2D eigenvalue weighted by molar-refractivity contribution is 5.90. The number of carbonyl (C=O) groups excluding carboxylic acids is 1. The van der Waals surface area contributed by atoms with Crippen molar-refractivity contribution in [2.45, 2.75) is 32.6 Å². The molecule has 25 heavy (non-hydrogen) atoms. The van der Waals surface area contributed by atoms with Crippen molar-refractivity contribution in [2.24, 2.45) is 4.99 Å². The third-order valence-corrected chi connectivity index (χ3v) is 4.58. The van der Waals surface area contributed by atoms with Gasteiger partial charge in [-0.2, -0.15) is 0 Å². The molecule has 0 radical (unpaired) electrons. The zero-order valence-corrected chi connectivity index (χ0v) is 15.0. The second kappa shape index (κ2) is 7.09. The summed E-state index contributed by atoms with van der Waals surface area (Å²) in [6.07, 6.45) is 2.99. The van der Waals surface area contributed by atoms with Crippen LogP contribution in [0, 0.1) is 0 Å². The minimum Gasteiger partial charge on any atom is -0.462 e. The maximum absolute atomic E-state index is 11.7. The van der Waals surface area contributed by atoms with Gasteiger partial charge in [-0.25, -0.2) is 4.79 Å². The van der Waals surface area contributed by atoms with Crippen molar-refractivity contribution >= 4 is 23.6 Å². The standard InChI is InChI=1S/C21H24N2O2/c1-4-25-20(24)16-6-8-17(9-7-16)23-14-15-5-10-19-18(13-15)21(2,3)11-12-22-19/h5-10,13-14,22H,4,11-12H2,1-3H3. The molecule has 0 aliphatic carbocycles. The highest BCUT2D eigenvalue weighted by atomic mass is 16.5. The first-order valence-corrected chi connectivity index (χ1v) is 8.69. The topological polar surface area (TPSA) is 50.7 Å². The van der Waals surface area contributed by atoms with E-state index in [1.54, 1.807) is 19.1 Å². The van der Waals surface area contributed by atoms with Crippen LogP contribution in [0.2, 0.25) is 0 Å². The molecule has 0 bridgehead atoms. The summed E-state index contributed by atoms with van der Waals surface area (Å²) in [5.41, 5.74) is 5.15. The van der Waals surface area contributed by atoms with E-state index in [0.717, 1.165) is 24.2 Å². The Morgan fingerprint density at radius 1 is 1.24 bits per heavy atom. The zero-order chi connectivity index (χ0) is 17.9. The average Bonchev–Trinajstić information content (AvgIpc) is 2.61. The van der Waals surface area contributed by atoms with Gasteiger partial charge >= 0.3 is 5.97 Å². The monoisotopic (exact) mass is 336 g/mol. The van der Waals surface area contributed by atoms with Crippen LogP contribution in [0.25, 0.3) is 0 Å². The van der Waals surface area contributed by atoms with Gasteiger partial charge < -0.3 is 10.1 Å². The molecule has 0 spiro atoms. The molecule has 2 aromatic rings. The predicted molar refractivity (Wildman–Crippen MR) is 102 cm³/mol. The fourth-order valence-electron chi connectivity index (χ4n) is 3.05. The van der Waals surface area contributed by atoms with Crippen molar-refractivity contribution in [1.82, 2.24) is 0 Å². The number of fused-ring (bicyclic) bond motifs is 1. The van der Waals surface area contributed by atoms with E-state index in [2.05, 4.69) is 42.4 Å². The van der Waals surface area contributed by atoms with Crippen molar-refractivity contribution in [1.29, 1.82) is 0 Å². The molecule has 4 heteroatoms. The second-order valence-electron chi connectivity index (χ2n) is 6.89. The van der Waals surface area contributed by atoms with Gasteiger partial charge in [0, 0.05) is 18.4 Å². The second-order valence-corrected chi connectivity index (χ2v) is 6.89. The molecule has 4 nitrogen and oxygen atoms in total. The molecule has 2 aromatic carbocycles. The van der Waals surface area contributed by atoms with Crippen LogP contribution < -0.4 is 5.32 Å². The van der Waals surface area contributed by atoms with E-state index < -0.39 is 0 Å². The molecule has 0 unspecified atom stereocenters. The molecule has 0 saturated heterocycles. The van der Waals surface area contributed by atoms with E-state index in [0.29, 0.717) is 12.2 Å². The Morgan fingerprint density at radius 3 is 2.72 bits per heavy atom. The van der Waals surface area contributed by atoms with Gasteiger partial charge in [-0.1, -0.05) is 19.9 Å². The van der Waals surface area contributed by atoms with E-state index >= 15 is 0 Å². The number of nitrogens with zero attached hydrogens (tertiary/aromatic N) is 1. The summed E-state index contributed by atoms with van der Waals surface area (Å²) in [4.78, 5) is 16.2. The first-order valence-electron chi connectivity index (χ1n) is 8.69. The number of aliphatic imine (C=N–C) groups is 1. The maximum Gasteiger partial charge on any atom is 0.338 e. The summed E-state index contributed by atoms with van der Waals surface area (Å²) in [5, 5.41) is 3.46. The van der Waals surface area contributed by atoms with E-state index in [1.165, 1.54) is 11.3 Å². The van der Waals surface area contributed by atoms with Crippen LogP contribution in [0.3, 0.4) is 0 Å². The van der Waals surface area contributed by atoms with Gasteiger partial charge in [-0.3, -0.25) is 4.99 Å². The van der Waals surface area contributed by atoms with E-state index in [-0.39, 0.29) is 11.4 Å². The molecule has 0 saturated carbocycles. The minimum absolute atomic E-state index is 0.172. The largest absolute Gasteiger partial charge is 0.462 e. The molecule has 0 amide bonds. The first-order chi connectivity index (χ1) is 12.0. The van der Waals surface area contributed by atoms with Crippen molar-refractivity contribution in [2.75, 3.05) is 18.5 Å². The van der Waals surface area contributed by atoms with Gasteiger partial charge in [-0.15, -0.1) is 0 Å². The highest BCUT2D eigenvalue weighted by Gasteiger charge is 2.27. The molecule has 1 aliphatic heterocycles. The first kappa shape index (κ1) is 17.2. The van der Waals surface area contributed by atoms with Crippen molar-refractivity contribution in [3.63, 3.8) is 0 Å². The van der Waals surface area contributed by atoms with Crippen molar-refractivity contribution in [3.8, 4) is 0 Å². The van der Waals surface area contributed by atoms with Gasteiger partial charge in [-0.05, 0) is 66.3 Å². The van der Waals surface area contributed by atoms with E-state index in [9.17, 15) is 4.79 Å². The normalized spacial score (nSPS) is 15.5. The van der Waals surface area contributed by atoms with Crippen molar-refractivity contribution < 1.29 is 9.53 Å². The number of anilines is 1. The quantitative estimate of drug-likeness (QED) is 0.650. The molecule has 1 aliphatic rings. The lowest BCUT2D eigenvalue weighted by Crippen LogP contribution is -2.28. The number of ether oxygens (including phenoxy) is 1. The Morgan fingerprint density at radius 2 is 2.00 bits per heavy atom. The lowest BCUT2D eigenvalue weighted by Gasteiger charge is -2.33. The Hall–Kier alpha value is -2.62. The van der Waals surface area contributed by atoms with Gasteiger partial charge in [0.05, 0.1) is 17.9 Å². The van der Waals surface area contributed by atoms with Crippen LogP contribution in [0.4, 0.5) is 11.4 Å². The zero-order valence-electron chi connectivity index (χ0n) is 15.0. The third kappa shape index (κ3) is 3.90. The number of nitrogens with one attached hydrogen (secondary N) is 1. The van der Waals surface area contributed by atoms with Gasteiger partial charge in [0.25, 0.3) is 0 Å². The number of rotatable bonds is 4. The van der Waals surface area contributed by atoms with Crippen LogP contribution >= 0.6 is 0 Å². The molecular formula is C21H24N2O2. The summed E-state index contributed by atoms with van der Waals surface area (Å²) in [6.45, 7) is 7.75. The summed E-state index contributed by atoms with van der Waals surface area (Å²) >= 11 is 0. The number of benzene rings is 2. The van der Waals surface area contributed by atoms with Gasteiger partial charge in [0.1, 0.15) is 0 Å². The molecule has 1 N–H and O–H groups in total. The Labute approximate surface area is 148 Å². The smallest absolute Gasteiger partial charge is 0.338 e. The fourth-order valence-corrected chi connectivity index (χ4v) is 3.05. The number of esters is 1. The van der Waals surface area contributed by atoms with E-state index in [4.69, 9.17) is 4.74 Å². The minimum atomic E-state index is -0.303. The molecule has 130 valence electrons. The number of hydrogen-bond acceptors (Lipinski definition) is 4. The van der Waals surface area contributed by atoms with Crippen LogP contribution in [0.1, 0.15) is 48.7 Å². The average molecular weight is 336 g/mol. The summed E-state index contributed by atoms with van der Waals surface area (Å²) in [6, 6.07) is 13.5. The summed E-state index contributed by atoms with van der Waals surface area (Å²) in [5.74, 6) is -0.303. The molecule has 1 heterocycles. The Balaban J connectivity index is 1.77. The lowest BCUT2D eigenvalue weighted by atomic mass is 9.78. The fraction of sp³-hybridized carbons (Fsp3) is 0.333. The van der Waals surface area contributed by atoms with Crippen LogP contribution in [-0.2, 0) is 10.2 Å². The third-order valence-electron chi connectivity index (χ3n) is 4.58. The van der Waals surface area contributed by atoms with Crippen LogP contribution in [-0.4, -0.2) is 25.3 Å². The molecule has 0 aromatic heterocycles. The summed E-state index contributed by atoms with van der Waals surface area (Å²) < 4.78 is 4.99. The predicted octanol–water partition coefficient (Wildman–Crippen LogP) is 4.71. The van der Waals surface area contributed by atoms with Crippen LogP contribution in [0.15, 0.2) is 47.5 Å². The molecular weight excluding hydrogens is 312 g/mol. The van der Waals surface area contributed by atoms with Crippen LogP contribution in [0.5, 0.6) is 0 Å². The molecule has 3 rings (SSSR count). The Kier molecular flexibility index (Phi) is 4.88. The van der Waals surface area contributed by atoms with Gasteiger partial charge in [0.2, 0.25) is 0 Å². The molecule has 0 fully saturated rings. The lowest BCUT2D eigenvalue weighted by molar-refractivity contribution is 0.0526. The summed E-state index contributed by atoms with van der Waals surface area (Å²) in [7, 11) is 0. The van der Waals surface area contributed by atoms with Gasteiger partial charge in [0.15, 0.2) is 0 Å². The SMILES string of the molecule is CCOC(=O)c1ccc(N=Cc2ccc3c(c2)C(C)(C)CCN3)cc1. The van der Waals surface area contributed by atoms with E-state index in [1.807, 2.05) is 18.3 Å². The number of hydrogen-bond donors (Lipinski definition) is 1. The number of carbonyl (C=O) groups is 1. The highest BCUT2D eigenvalue weighted by Crippen LogP contribution is 2.36. The maximum atomic E-state index is 11.7.